The van der Waals surface area contributed by atoms with Crippen LogP contribution in [0.2, 0.25) is 0 Å². The minimum atomic E-state index is -3.19. The van der Waals surface area contributed by atoms with Gasteiger partial charge in [-0.05, 0) is 12.1 Å². The van der Waals surface area contributed by atoms with Crippen LogP contribution in [0.1, 0.15) is 22.8 Å². The van der Waals surface area contributed by atoms with Crippen LogP contribution in [0.3, 0.4) is 0 Å². The van der Waals surface area contributed by atoms with Crippen molar-refractivity contribution in [2.24, 2.45) is 0 Å². The summed E-state index contributed by atoms with van der Waals surface area (Å²) in [5, 5.41) is 0. The maximum Gasteiger partial charge on any atom is 0.340 e. The fraction of sp³-hybridized carbons (Fsp3) is 0.300. The molecule has 0 bridgehead atoms. The van der Waals surface area contributed by atoms with Gasteiger partial charge in [0.2, 0.25) is 0 Å². The number of carbonyl (C=O) groups is 1. The standard InChI is InChI=1S/C10H8BrF3O2/c1-10(13,14)6-4-8(12)5(3-7(6)11)9(15)16-2/h3-4H,1-2H3. The largest absolute Gasteiger partial charge is 0.465 e. The maximum atomic E-state index is 13.3. The van der Waals surface area contributed by atoms with E-state index in [0.29, 0.717) is 13.0 Å². The molecule has 0 aliphatic carbocycles. The molecule has 2 nitrogen and oxygen atoms in total. The molecular formula is C10H8BrF3O2. The summed E-state index contributed by atoms with van der Waals surface area (Å²) in [7, 11) is 1.08. The van der Waals surface area contributed by atoms with Gasteiger partial charge in [-0.2, -0.15) is 0 Å². The van der Waals surface area contributed by atoms with E-state index in [0.717, 1.165) is 13.2 Å². The van der Waals surface area contributed by atoms with Crippen molar-refractivity contribution < 1.29 is 22.7 Å². The van der Waals surface area contributed by atoms with Gasteiger partial charge in [0, 0.05) is 17.0 Å². The summed E-state index contributed by atoms with van der Waals surface area (Å²) in [5.41, 5.74) is -0.903. The van der Waals surface area contributed by atoms with E-state index in [1.165, 1.54) is 0 Å². The van der Waals surface area contributed by atoms with E-state index < -0.39 is 23.3 Å². The van der Waals surface area contributed by atoms with Crippen molar-refractivity contribution in [2.75, 3.05) is 7.11 Å². The van der Waals surface area contributed by atoms with Crippen LogP contribution in [0, 0.1) is 5.82 Å². The summed E-state index contributed by atoms with van der Waals surface area (Å²) in [5.74, 6) is -5.13. The second kappa shape index (κ2) is 4.45. The van der Waals surface area contributed by atoms with Crippen molar-refractivity contribution in [2.45, 2.75) is 12.8 Å². The number of methoxy groups -OCH3 is 1. The van der Waals surface area contributed by atoms with E-state index in [4.69, 9.17) is 0 Å². The van der Waals surface area contributed by atoms with Crippen molar-refractivity contribution in [3.63, 3.8) is 0 Å². The highest BCUT2D eigenvalue weighted by molar-refractivity contribution is 9.10. The highest BCUT2D eigenvalue weighted by Crippen LogP contribution is 2.34. The van der Waals surface area contributed by atoms with Crippen LogP contribution in [-0.4, -0.2) is 13.1 Å². The molecule has 0 unspecified atom stereocenters. The molecule has 1 rings (SSSR count). The van der Waals surface area contributed by atoms with Gasteiger partial charge in [-0.3, -0.25) is 0 Å². The molecule has 0 atom stereocenters. The Morgan fingerprint density at radius 2 is 2.00 bits per heavy atom. The van der Waals surface area contributed by atoms with Gasteiger partial charge in [-0.1, -0.05) is 15.9 Å². The van der Waals surface area contributed by atoms with E-state index in [2.05, 4.69) is 20.7 Å². The van der Waals surface area contributed by atoms with Crippen molar-refractivity contribution in [1.29, 1.82) is 0 Å². The van der Waals surface area contributed by atoms with Crippen molar-refractivity contribution in [1.82, 2.24) is 0 Å². The molecule has 88 valence electrons. The van der Waals surface area contributed by atoms with Gasteiger partial charge < -0.3 is 4.74 Å². The van der Waals surface area contributed by atoms with Crippen molar-refractivity contribution in [3.05, 3.63) is 33.5 Å². The third-order valence-electron chi connectivity index (χ3n) is 1.93. The molecule has 16 heavy (non-hydrogen) atoms. The lowest BCUT2D eigenvalue weighted by molar-refractivity contribution is 0.0162. The lowest BCUT2D eigenvalue weighted by atomic mass is 10.1. The molecule has 0 saturated heterocycles. The zero-order valence-electron chi connectivity index (χ0n) is 8.48. The predicted octanol–water partition coefficient (Wildman–Crippen LogP) is 3.49. The van der Waals surface area contributed by atoms with Gasteiger partial charge in [0.1, 0.15) is 5.82 Å². The van der Waals surface area contributed by atoms with Gasteiger partial charge in [0.15, 0.2) is 0 Å². The molecule has 1 aromatic rings. The Morgan fingerprint density at radius 3 is 2.44 bits per heavy atom. The number of benzene rings is 1. The first-order chi connectivity index (χ1) is 7.27. The normalized spacial score (nSPS) is 11.4. The molecule has 6 heteroatoms. The van der Waals surface area contributed by atoms with Crippen LogP contribution >= 0.6 is 15.9 Å². The van der Waals surface area contributed by atoms with Gasteiger partial charge in [0.25, 0.3) is 5.92 Å². The molecule has 0 fully saturated rings. The van der Waals surface area contributed by atoms with Crippen LogP contribution in [0.4, 0.5) is 13.2 Å². The molecule has 0 aromatic heterocycles. The maximum absolute atomic E-state index is 13.3. The summed E-state index contributed by atoms with van der Waals surface area (Å²) in [6.45, 7) is 0.643. The topological polar surface area (TPSA) is 26.3 Å². The minimum Gasteiger partial charge on any atom is -0.465 e. The predicted molar refractivity (Wildman–Crippen MR) is 55.0 cm³/mol. The summed E-state index contributed by atoms with van der Waals surface area (Å²) < 4.78 is 43.6. The second-order valence-corrected chi connectivity index (χ2v) is 4.05. The average molecular weight is 297 g/mol. The highest BCUT2D eigenvalue weighted by atomic mass is 79.9. The second-order valence-electron chi connectivity index (χ2n) is 3.19. The number of hydrogen-bond acceptors (Lipinski definition) is 2. The fourth-order valence-corrected chi connectivity index (χ4v) is 1.84. The Morgan fingerprint density at radius 1 is 1.44 bits per heavy atom. The van der Waals surface area contributed by atoms with Gasteiger partial charge in [-0.15, -0.1) is 0 Å². The zero-order valence-corrected chi connectivity index (χ0v) is 10.1. The van der Waals surface area contributed by atoms with Crippen LogP contribution in [0.5, 0.6) is 0 Å². The first-order valence-electron chi connectivity index (χ1n) is 4.23. The molecule has 0 radical (unpaired) electrons. The van der Waals surface area contributed by atoms with Gasteiger partial charge >= 0.3 is 5.97 Å². The van der Waals surface area contributed by atoms with E-state index in [-0.39, 0.29) is 10.0 Å². The molecule has 0 aliphatic heterocycles. The molecule has 0 aliphatic rings. The quantitative estimate of drug-likeness (QED) is 0.781. The van der Waals surface area contributed by atoms with Crippen LogP contribution in [0.15, 0.2) is 16.6 Å². The first kappa shape index (κ1) is 13.0. The Labute approximate surface area is 98.5 Å². The number of carbonyl (C=O) groups excluding carboxylic acids is 1. The third-order valence-corrected chi connectivity index (χ3v) is 2.59. The van der Waals surface area contributed by atoms with E-state index in [1.807, 2.05) is 0 Å². The Hall–Kier alpha value is -1.04. The number of ether oxygens (including phenoxy) is 1. The first-order valence-corrected chi connectivity index (χ1v) is 5.02. The number of rotatable bonds is 2. The van der Waals surface area contributed by atoms with Crippen LogP contribution < -0.4 is 0 Å². The molecule has 1 aromatic carbocycles. The van der Waals surface area contributed by atoms with E-state index in [9.17, 15) is 18.0 Å². The van der Waals surface area contributed by atoms with E-state index in [1.54, 1.807) is 0 Å². The molecular weight excluding hydrogens is 289 g/mol. The fourth-order valence-electron chi connectivity index (χ4n) is 1.15. The number of hydrogen-bond donors (Lipinski definition) is 0. The minimum absolute atomic E-state index is 0.0400. The summed E-state index contributed by atoms with van der Waals surface area (Å²) in [6.07, 6.45) is 0. The SMILES string of the molecule is COC(=O)c1cc(Br)c(C(C)(F)F)cc1F. The molecule has 0 spiro atoms. The number of alkyl halides is 2. The Balaban J connectivity index is 3.33. The summed E-state index contributed by atoms with van der Waals surface area (Å²) >= 11 is 2.86. The van der Waals surface area contributed by atoms with Gasteiger partial charge in [0.05, 0.1) is 12.7 Å². The number of halogens is 4. The monoisotopic (exact) mass is 296 g/mol. The molecule has 0 amide bonds. The van der Waals surface area contributed by atoms with E-state index >= 15 is 0 Å². The van der Waals surface area contributed by atoms with Crippen molar-refractivity contribution >= 4 is 21.9 Å². The van der Waals surface area contributed by atoms with Crippen molar-refractivity contribution in [3.8, 4) is 0 Å². The van der Waals surface area contributed by atoms with Crippen LogP contribution in [-0.2, 0) is 10.7 Å². The number of esters is 1. The average Bonchev–Trinajstić information content (AvgIpc) is 2.18. The molecule has 0 heterocycles. The Kier molecular flexibility index (Phi) is 3.62. The lowest BCUT2D eigenvalue weighted by Gasteiger charge is -2.14. The smallest absolute Gasteiger partial charge is 0.340 e. The highest BCUT2D eigenvalue weighted by Gasteiger charge is 2.29. The summed E-state index contributed by atoms with van der Waals surface area (Å²) in [4.78, 5) is 11.1. The lowest BCUT2D eigenvalue weighted by Crippen LogP contribution is -2.12. The Bertz CT molecular complexity index is 427. The summed E-state index contributed by atoms with van der Waals surface area (Å²) in [6, 6.07) is 1.60. The van der Waals surface area contributed by atoms with Gasteiger partial charge in [-0.25, -0.2) is 18.0 Å². The molecule has 0 saturated carbocycles. The molecule has 0 N–H and O–H groups in total. The zero-order chi connectivity index (χ0) is 12.5. The third kappa shape index (κ3) is 2.55. The van der Waals surface area contributed by atoms with Crippen LogP contribution in [0.25, 0.3) is 0 Å².